The van der Waals surface area contributed by atoms with Crippen LogP contribution in [0.3, 0.4) is 0 Å². The molecule has 1 saturated carbocycles. The largest absolute Gasteiger partial charge is 0.493 e. The molecule has 3 atom stereocenters. The number of benzene rings is 2. The molecule has 6 heteroatoms. The van der Waals surface area contributed by atoms with Gasteiger partial charge in [-0.3, -0.25) is 4.79 Å². The van der Waals surface area contributed by atoms with E-state index in [-0.39, 0.29) is 31.1 Å². The molecule has 2 aromatic carbocycles. The van der Waals surface area contributed by atoms with E-state index < -0.39 is 6.10 Å². The van der Waals surface area contributed by atoms with Crippen molar-refractivity contribution < 1.29 is 19.0 Å². The molecule has 3 rings (SSSR count). The Labute approximate surface area is 204 Å². The predicted octanol–water partition coefficient (Wildman–Crippen LogP) is 5.00. The number of terminal acetylenes is 2. The summed E-state index contributed by atoms with van der Waals surface area (Å²) in [5.41, 5.74) is 1.85. The van der Waals surface area contributed by atoms with E-state index in [1.807, 2.05) is 42.5 Å². The summed E-state index contributed by atoms with van der Waals surface area (Å²) >= 11 is 3.43. The van der Waals surface area contributed by atoms with Crippen molar-refractivity contribution in [2.75, 3.05) is 20.3 Å². The Morgan fingerprint density at radius 2 is 1.82 bits per heavy atom. The van der Waals surface area contributed by atoms with Crippen LogP contribution in [0.5, 0.6) is 11.5 Å². The van der Waals surface area contributed by atoms with Crippen LogP contribution in [0.1, 0.15) is 48.8 Å². The summed E-state index contributed by atoms with van der Waals surface area (Å²) in [6.07, 6.45) is 13.9. The summed E-state index contributed by atoms with van der Waals surface area (Å²) < 4.78 is 17.8. The Bertz CT molecular complexity index is 1020. The zero-order chi connectivity index (χ0) is 23.6. The Balaban J connectivity index is 1.80. The second-order valence-electron chi connectivity index (χ2n) is 7.86. The minimum absolute atomic E-state index is 0.0270. The van der Waals surface area contributed by atoms with Crippen LogP contribution in [0, 0.1) is 24.7 Å². The average molecular weight is 510 g/mol. The molecule has 1 aliphatic rings. The summed E-state index contributed by atoms with van der Waals surface area (Å²) in [5.74, 6) is 6.11. The maximum Gasteiger partial charge on any atom is 0.254 e. The Morgan fingerprint density at radius 1 is 1.09 bits per heavy atom. The molecule has 0 bridgehead atoms. The molecule has 0 spiro atoms. The molecule has 33 heavy (non-hydrogen) atoms. The minimum atomic E-state index is -0.772. The van der Waals surface area contributed by atoms with Crippen LogP contribution in [-0.4, -0.2) is 32.3 Å². The summed E-state index contributed by atoms with van der Waals surface area (Å²) in [6.45, 7) is 0.228. The third kappa shape index (κ3) is 6.54. The molecule has 0 saturated heterocycles. The summed E-state index contributed by atoms with van der Waals surface area (Å²) in [4.78, 5) is 13.3. The van der Waals surface area contributed by atoms with Crippen molar-refractivity contribution in [1.29, 1.82) is 0 Å². The van der Waals surface area contributed by atoms with Crippen molar-refractivity contribution in [2.45, 2.75) is 43.7 Å². The molecule has 0 radical (unpaired) electrons. The van der Waals surface area contributed by atoms with Crippen molar-refractivity contribution in [3.05, 3.63) is 58.1 Å². The number of hydrogen-bond acceptors (Lipinski definition) is 4. The van der Waals surface area contributed by atoms with E-state index in [4.69, 9.17) is 27.1 Å². The van der Waals surface area contributed by atoms with Crippen molar-refractivity contribution in [3.8, 4) is 36.2 Å². The molecule has 1 fully saturated rings. The molecule has 2 aromatic rings. The maximum atomic E-state index is 13.3. The Kier molecular flexibility index (Phi) is 9.24. The van der Waals surface area contributed by atoms with Gasteiger partial charge in [-0.2, -0.15) is 0 Å². The van der Waals surface area contributed by atoms with Crippen molar-refractivity contribution in [1.82, 2.24) is 5.32 Å². The quantitative estimate of drug-likeness (QED) is 0.483. The van der Waals surface area contributed by atoms with Gasteiger partial charge in [-0.15, -0.1) is 12.8 Å². The molecule has 1 N–H and O–H groups in total. The number of halogens is 1. The van der Waals surface area contributed by atoms with E-state index in [2.05, 4.69) is 33.1 Å². The van der Waals surface area contributed by atoms with Crippen LogP contribution in [0.4, 0.5) is 0 Å². The van der Waals surface area contributed by atoms with E-state index in [9.17, 15) is 4.79 Å². The van der Waals surface area contributed by atoms with Crippen molar-refractivity contribution in [2.24, 2.45) is 0 Å². The highest BCUT2D eigenvalue weighted by Gasteiger charge is 2.31. The summed E-state index contributed by atoms with van der Waals surface area (Å²) in [6, 6.07) is 13.3. The molecular weight excluding hydrogens is 482 g/mol. The van der Waals surface area contributed by atoms with Crippen LogP contribution in [0.15, 0.2) is 46.9 Å². The number of amides is 1. The smallest absolute Gasteiger partial charge is 0.254 e. The molecule has 172 valence electrons. The summed E-state index contributed by atoms with van der Waals surface area (Å²) in [7, 11) is 1.60. The lowest BCUT2D eigenvalue weighted by Crippen LogP contribution is -2.43. The van der Waals surface area contributed by atoms with Crippen LogP contribution in [0.25, 0.3) is 0 Å². The third-order valence-electron chi connectivity index (χ3n) is 5.76. The lowest BCUT2D eigenvalue weighted by molar-refractivity contribution is -0.133. The molecule has 0 aliphatic heterocycles. The van der Waals surface area contributed by atoms with Gasteiger partial charge in [0.2, 0.25) is 0 Å². The number of rotatable bonds is 9. The number of methoxy groups -OCH3 is 1. The normalized spacial score (nSPS) is 18.4. The molecule has 0 aromatic heterocycles. The van der Waals surface area contributed by atoms with Gasteiger partial charge >= 0.3 is 0 Å². The van der Waals surface area contributed by atoms with Gasteiger partial charge in [0.15, 0.2) is 17.6 Å². The second kappa shape index (κ2) is 12.3. The van der Waals surface area contributed by atoms with Gasteiger partial charge < -0.3 is 19.5 Å². The number of ether oxygens (including phenoxy) is 3. The first-order chi connectivity index (χ1) is 16.1. The van der Waals surface area contributed by atoms with E-state index in [1.165, 1.54) is 0 Å². The van der Waals surface area contributed by atoms with Crippen LogP contribution in [-0.2, 0) is 9.53 Å². The summed E-state index contributed by atoms with van der Waals surface area (Å²) in [5, 5.41) is 3.23. The highest BCUT2D eigenvalue weighted by molar-refractivity contribution is 9.10. The molecule has 5 nitrogen and oxygen atoms in total. The van der Waals surface area contributed by atoms with Crippen LogP contribution < -0.4 is 14.8 Å². The van der Waals surface area contributed by atoms with Gasteiger partial charge in [0.1, 0.15) is 13.2 Å². The molecule has 0 heterocycles. The number of hydrogen-bond donors (Lipinski definition) is 1. The van der Waals surface area contributed by atoms with E-state index in [0.717, 1.165) is 41.3 Å². The molecule has 1 amide bonds. The van der Waals surface area contributed by atoms with E-state index in [0.29, 0.717) is 11.5 Å². The molecular formula is C27H28BrNO4. The van der Waals surface area contributed by atoms with E-state index in [1.54, 1.807) is 7.11 Å². The highest BCUT2D eigenvalue weighted by atomic mass is 79.9. The van der Waals surface area contributed by atoms with Crippen LogP contribution in [0.2, 0.25) is 0 Å². The van der Waals surface area contributed by atoms with Crippen LogP contribution >= 0.6 is 15.9 Å². The Morgan fingerprint density at radius 3 is 2.52 bits per heavy atom. The van der Waals surface area contributed by atoms with Gasteiger partial charge in [0.25, 0.3) is 5.91 Å². The zero-order valence-electron chi connectivity index (χ0n) is 18.7. The number of carbonyl (C=O) groups is 1. The first-order valence-electron chi connectivity index (χ1n) is 10.9. The predicted molar refractivity (Wildman–Crippen MR) is 132 cm³/mol. The maximum absolute atomic E-state index is 13.3. The lowest BCUT2D eigenvalue weighted by atomic mass is 9.79. The number of carbonyl (C=O) groups excluding carboxylic acids is 1. The fourth-order valence-electron chi connectivity index (χ4n) is 4.21. The third-order valence-corrected chi connectivity index (χ3v) is 6.29. The zero-order valence-corrected chi connectivity index (χ0v) is 20.3. The van der Waals surface area contributed by atoms with Gasteiger partial charge in [0, 0.05) is 16.4 Å². The van der Waals surface area contributed by atoms with Gasteiger partial charge in [-0.1, -0.05) is 58.8 Å². The standard InChI is InChI=1S/C27H28BrNO4/c1-4-16-32-24-15-12-20(18-25(24)31-3)22-8-6-7-9-23(22)29-27(30)26(33-17-5-2)19-10-13-21(28)14-11-19/h1-2,10-15,18,22-23,26H,6-9,16-17H2,3H3,(H,29,30)/t22-,23+,26?/m1/s1. The first kappa shape index (κ1) is 24.7. The molecule has 1 unspecified atom stereocenters. The SMILES string of the molecule is C#CCOc1ccc([C@H]2CCCC[C@@H]2NC(=O)C(OCC#C)c2ccc(Br)cc2)cc1OC. The average Bonchev–Trinajstić information content (AvgIpc) is 2.84. The van der Waals surface area contributed by atoms with E-state index >= 15 is 0 Å². The monoisotopic (exact) mass is 509 g/mol. The second-order valence-corrected chi connectivity index (χ2v) is 8.77. The Hall–Kier alpha value is -2.93. The minimum Gasteiger partial charge on any atom is -0.493 e. The van der Waals surface area contributed by atoms with Gasteiger partial charge in [-0.25, -0.2) is 0 Å². The van der Waals surface area contributed by atoms with Crippen molar-refractivity contribution >= 4 is 21.8 Å². The fraction of sp³-hybridized carbons (Fsp3) is 0.370. The highest BCUT2D eigenvalue weighted by Crippen LogP contribution is 2.38. The van der Waals surface area contributed by atoms with Gasteiger partial charge in [-0.05, 0) is 48.2 Å². The van der Waals surface area contributed by atoms with Crippen molar-refractivity contribution in [3.63, 3.8) is 0 Å². The molecule has 1 aliphatic carbocycles. The fourth-order valence-corrected chi connectivity index (χ4v) is 4.47. The first-order valence-corrected chi connectivity index (χ1v) is 11.7. The lowest BCUT2D eigenvalue weighted by Gasteiger charge is -2.34. The number of nitrogens with one attached hydrogen (secondary N) is 1. The van der Waals surface area contributed by atoms with Gasteiger partial charge in [0.05, 0.1) is 7.11 Å². The topological polar surface area (TPSA) is 56.8 Å².